The van der Waals surface area contributed by atoms with E-state index in [0.29, 0.717) is 19.8 Å². The van der Waals surface area contributed by atoms with Crippen LogP contribution in [0.1, 0.15) is 59.1 Å². The summed E-state index contributed by atoms with van der Waals surface area (Å²) >= 11 is 1.79. The molecule has 4 aromatic carbocycles. The molecule has 0 atom stereocenters. The van der Waals surface area contributed by atoms with E-state index >= 15 is 0 Å². The van der Waals surface area contributed by atoms with Gasteiger partial charge in [-0.05, 0) is 140 Å². The Morgan fingerprint density at radius 3 is 1.54 bits per heavy atom. The zero-order chi connectivity index (χ0) is 35.6. The van der Waals surface area contributed by atoms with Crippen LogP contribution in [0, 0.1) is 37.5 Å². The van der Waals surface area contributed by atoms with Gasteiger partial charge in [-0.3, -0.25) is 0 Å². The maximum atomic E-state index is 11.1. The van der Waals surface area contributed by atoms with Crippen molar-refractivity contribution in [3.8, 4) is 40.6 Å². The Morgan fingerprint density at radius 1 is 0.600 bits per heavy atom. The normalized spacial score (nSPS) is 10.1. The highest BCUT2D eigenvalue weighted by Gasteiger charge is 2.07. The second kappa shape index (κ2) is 20.2. The number of esters is 2. The molecule has 0 aromatic heterocycles. The lowest BCUT2D eigenvalue weighted by molar-refractivity contribution is -0.138. The maximum absolute atomic E-state index is 11.1. The lowest BCUT2D eigenvalue weighted by atomic mass is 9.94. The van der Waals surface area contributed by atoms with E-state index in [1.807, 2.05) is 24.3 Å². The van der Waals surface area contributed by atoms with Crippen molar-refractivity contribution in [2.45, 2.75) is 44.4 Å². The van der Waals surface area contributed by atoms with Gasteiger partial charge in [-0.25, -0.2) is 9.59 Å². The maximum Gasteiger partial charge on any atom is 0.330 e. The average molecular weight is 683 g/mol. The van der Waals surface area contributed by atoms with Gasteiger partial charge < -0.3 is 14.2 Å². The fourth-order valence-electron chi connectivity index (χ4n) is 4.90. The monoisotopic (exact) mass is 682 g/mol. The Kier molecular flexibility index (Phi) is 15.1. The van der Waals surface area contributed by atoms with Gasteiger partial charge in [0.15, 0.2) is 0 Å². The first-order valence-corrected chi connectivity index (χ1v) is 17.6. The summed E-state index contributed by atoms with van der Waals surface area (Å²) in [5.74, 6) is 14.1. The van der Waals surface area contributed by atoms with Crippen molar-refractivity contribution >= 4 is 23.7 Å². The van der Waals surface area contributed by atoms with Gasteiger partial charge >= 0.3 is 11.9 Å². The highest BCUT2D eigenvalue weighted by molar-refractivity contribution is 7.99. The van der Waals surface area contributed by atoms with Gasteiger partial charge in [0.05, 0.1) is 19.8 Å². The fraction of sp³-hybridized carbons (Fsp3) is 0.227. The van der Waals surface area contributed by atoms with Crippen LogP contribution in [0.2, 0.25) is 0 Å². The molecule has 0 saturated carbocycles. The lowest BCUT2D eigenvalue weighted by Crippen LogP contribution is -2.04. The zero-order valence-electron chi connectivity index (χ0n) is 28.8. The molecule has 0 fully saturated rings. The van der Waals surface area contributed by atoms with Gasteiger partial charge in [0, 0.05) is 39.3 Å². The highest BCUT2D eigenvalue weighted by atomic mass is 32.2. The van der Waals surface area contributed by atoms with Crippen LogP contribution >= 0.6 is 11.8 Å². The summed E-state index contributed by atoms with van der Waals surface area (Å²) in [6, 6.07) is 28.7. The van der Waals surface area contributed by atoms with E-state index in [1.165, 1.54) is 33.7 Å². The van der Waals surface area contributed by atoms with E-state index in [2.05, 4.69) is 111 Å². The van der Waals surface area contributed by atoms with Crippen LogP contribution in [-0.4, -0.2) is 37.5 Å². The van der Waals surface area contributed by atoms with Crippen molar-refractivity contribution in [3.63, 3.8) is 0 Å². The van der Waals surface area contributed by atoms with E-state index in [-0.39, 0.29) is 5.97 Å². The van der Waals surface area contributed by atoms with Crippen molar-refractivity contribution in [2.24, 2.45) is 0 Å². The Balaban J connectivity index is 1.27. The van der Waals surface area contributed by atoms with Crippen LogP contribution in [0.5, 0.6) is 5.75 Å². The first kappa shape index (κ1) is 37.4. The van der Waals surface area contributed by atoms with Crippen molar-refractivity contribution in [2.75, 3.05) is 25.6 Å². The summed E-state index contributed by atoms with van der Waals surface area (Å²) in [5.41, 5.74) is 8.51. The predicted octanol–water partition coefficient (Wildman–Crippen LogP) is 9.26. The quantitative estimate of drug-likeness (QED) is 0.0410. The predicted molar refractivity (Wildman–Crippen MR) is 203 cm³/mol. The molecular weight excluding hydrogens is 641 g/mol. The lowest BCUT2D eigenvalue weighted by Gasteiger charge is -2.10. The number of thioether (sulfide) groups is 1. The van der Waals surface area contributed by atoms with Gasteiger partial charge in [0.25, 0.3) is 0 Å². The van der Waals surface area contributed by atoms with E-state index in [0.717, 1.165) is 65.0 Å². The van der Waals surface area contributed by atoms with Gasteiger partial charge in [-0.2, -0.15) is 0 Å². The molecule has 0 aliphatic carbocycles. The van der Waals surface area contributed by atoms with Gasteiger partial charge in [0.1, 0.15) is 5.75 Å². The number of hydrogen-bond acceptors (Lipinski definition) is 6. The minimum atomic E-state index is -0.400. The molecule has 0 N–H and O–H groups in total. The van der Waals surface area contributed by atoms with E-state index in [4.69, 9.17) is 14.2 Å². The smallest absolute Gasteiger partial charge is 0.330 e. The summed E-state index contributed by atoms with van der Waals surface area (Å²) < 4.78 is 15.8. The van der Waals surface area contributed by atoms with Gasteiger partial charge in [-0.15, -0.1) is 11.8 Å². The number of ether oxygens (including phenoxy) is 3. The molecule has 0 heterocycles. The molecule has 4 rings (SSSR count). The Bertz CT molecular complexity index is 1760. The molecule has 254 valence electrons. The fourth-order valence-corrected chi connectivity index (χ4v) is 5.81. The van der Waals surface area contributed by atoms with Crippen LogP contribution in [0.25, 0.3) is 11.1 Å². The van der Waals surface area contributed by atoms with Crippen molar-refractivity contribution in [1.82, 2.24) is 0 Å². The number of carbonyl (C=O) groups is 2. The van der Waals surface area contributed by atoms with Gasteiger partial charge in [0.2, 0.25) is 0 Å². The Labute approximate surface area is 300 Å². The number of hydrogen-bond donors (Lipinski definition) is 0. The highest BCUT2D eigenvalue weighted by Crippen LogP contribution is 2.28. The number of aryl methyl sites for hydroxylation is 2. The molecule has 0 radical (unpaired) electrons. The molecule has 0 aliphatic heterocycles. The molecule has 50 heavy (non-hydrogen) atoms. The van der Waals surface area contributed by atoms with Gasteiger partial charge in [-0.1, -0.05) is 49.0 Å². The molecule has 5 nitrogen and oxygen atoms in total. The molecule has 0 aliphatic rings. The molecule has 0 unspecified atom stereocenters. The molecule has 4 aromatic rings. The summed E-state index contributed by atoms with van der Waals surface area (Å²) in [5, 5.41) is 0. The number of carbonyl (C=O) groups excluding carboxylic acids is 2. The molecule has 6 heteroatoms. The summed E-state index contributed by atoms with van der Waals surface area (Å²) in [7, 11) is 0. The molecule has 0 amide bonds. The van der Waals surface area contributed by atoms with E-state index in [1.54, 1.807) is 11.8 Å². The summed E-state index contributed by atoms with van der Waals surface area (Å²) in [6.07, 6.45) is 5.69. The first-order valence-electron chi connectivity index (χ1n) is 16.6. The second-order valence-corrected chi connectivity index (χ2v) is 12.6. The molecule has 0 bridgehead atoms. The van der Waals surface area contributed by atoms with Crippen LogP contribution in [0.4, 0.5) is 0 Å². The molecule has 0 spiro atoms. The third kappa shape index (κ3) is 12.5. The van der Waals surface area contributed by atoms with Crippen LogP contribution in [0.15, 0.2) is 115 Å². The van der Waals surface area contributed by atoms with Crippen molar-refractivity contribution in [3.05, 3.63) is 144 Å². The summed E-state index contributed by atoms with van der Waals surface area (Å²) in [4.78, 5) is 23.4. The van der Waals surface area contributed by atoms with Crippen LogP contribution < -0.4 is 4.74 Å². The first-order chi connectivity index (χ1) is 24.3. The van der Waals surface area contributed by atoms with Crippen molar-refractivity contribution in [1.29, 1.82) is 0 Å². The van der Waals surface area contributed by atoms with E-state index < -0.39 is 5.97 Å². The molecular formula is C44H42O5S. The number of rotatable bonds is 15. The molecule has 0 saturated heterocycles. The topological polar surface area (TPSA) is 61.8 Å². The minimum Gasteiger partial charge on any atom is -0.494 e. The van der Waals surface area contributed by atoms with Crippen LogP contribution in [0.3, 0.4) is 0 Å². The number of unbranched alkanes of at least 4 members (excludes halogenated alkanes) is 2. The van der Waals surface area contributed by atoms with Crippen LogP contribution in [-0.2, 0) is 19.1 Å². The largest absolute Gasteiger partial charge is 0.494 e. The standard InChI is InChI=1S/C44H42O5S/c1-5-43(45)48-28-8-7-27-47-39-21-15-35(16-22-39)11-13-37-19-25-41(33(3)31-37)42-26-20-38(32-34(42)4)14-12-36-17-23-40(24-18-36)50-30-10-9-29-49-44(46)6-2/h5-6,15-26,31-32H,1-2,7-10,27-30H2,3-4H3. The SMILES string of the molecule is C=CC(=O)OCCCCOc1ccc(C#Cc2ccc(-c3ccc(C#Cc4ccc(SCCCCOC(=O)C=C)cc4)cc3C)c(C)c2)cc1. The Morgan fingerprint density at radius 2 is 1.04 bits per heavy atom. The third-order valence-corrected chi connectivity index (χ3v) is 8.69. The average Bonchev–Trinajstić information content (AvgIpc) is 3.13. The minimum absolute atomic E-state index is 0.365. The third-order valence-electron chi connectivity index (χ3n) is 7.59. The zero-order valence-corrected chi connectivity index (χ0v) is 29.6. The van der Waals surface area contributed by atoms with E-state index in [9.17, 15) is 9.59 Å². The summed E-state index contributed by atoms with van der Waals surface area (Å²) in [6.45, 7) is 12.4. The number of benzene rings is 4. The second-order valence-electron chi connectivity index (χ2n) is 11.5. The van der Waals surface area contributed by atoms with Crippen molar-refractivity contribution < 1.29 is 23.8 Å². The Hall–Kier alpha value is -5.43.